The van der Waals surface area contributed by atoms with Gasteiger partial charge in [-0.3, -0.25) is 0 Å². The lowest BCUT2D eigenvalue weighted by atomic mass is 10.2. The van der Waals surface area contributed by atoms with Gasteiger partial charge < -0.3 is 20.1 Å². The number of nitrogens with one attached hydrogen (secondary N) is 1. The molecule has 0 saturated heterocycles. The molecule has 0 fully saturated rings. The summed E-state index contributed by atoms with van der Waals surface area (Å²) in [5.41, 5.74) is 1.06. The smallest absolute Gasteiger partial charge is 0.0897 e. The van der Waals surface area contributed by atoms with Crippen molar-refractivity contribution >= 4 is 11.6 Å². The fraction of sp³-hybridized carbons (Fsp3) is 0.600. The van der Waals surface area contributed by atoms with Gasteiger partial charge in [0.05, 0.1) is 19.3 Å². The molecule has 4 nitrogen and oxygen atoms in total. The second-order valence-electron chi connectivity index (χ2n) is 5.16. The van der Waals surface area contributed by atoms with Gasteiger partial charge in [-0.15, -0.1) is 0 Å². The Bertz CT molecular complexity index is 357. The van der Waals surface area contributed by atoms with Crippen molar-refractivity contribution in [3.63, 3.8) is 0 Å². The average molecular weight is 301 g/mol. The van der Waals surface area contributed by atoms with Crippen LogP contribution in [-0.2, 0) is 11.3 Å². The highest BCUT2D eigenvalue weighted by atomic mass is 35.5. The summed E-state index contributed by atoms with van der Waals surface area (Å²) >= 11 is 5.81. The van der Waals surface area contributed by atoms with Crippen LogP contribution in [0, 0.1) is 0 Å². The van der Waals surface area contributed by atoms with Crippen LogP contribution < -0.4 is 5.32 Å². The molecule has 0 aliphatic rings. The summed E-state index contributed by atoms with van der Waals surface area (Å²) in [6.45, 7) is 3.36. The van der Waals surface area contributed by atoms with Crippen molar-refractivity contribution < 1.29 is 9.84 Å². The molecule has 0 aromatic heterocycles. The van der Waals surface area contributed by atoms with Crippen LogP contribution in [0.15, 0.2) is 24.3 Å². The Balaban J connectivity index is 2.02. The molecule has 1 aromatic carbocycles. The lowest BCUT2D eigenvalue weighted by molar-refractivity contribution is 0.0289. The van der Waals surface area contributed by atoms with Crippen molar-refractivity contribution in [3.05, 3.63) is 34.9 Å². The van der Waals surface area contributed by atoms with E-state index >= 15 is 0 Å². The highest BCUT2D eigenvalue weighted by Crippen LogP contribution is 2.10. The number of nitrogens with zero attached hydrogens (tertiary/aromatic N) is 1. The summed E-state index contributed by atoms with van der Waals surface area (Å²) in [5, 5.41) is 13.7. The second-order valence-corrected chi connectivity index (χ2v) is 5.59. The number of aliphatic hydroxyl groups excluding tert-OH is 1. The van der Waals surface area contributed by atoms with E-state index in [9.17, 15) is 5.11 Å². The number of ether oxygens (including phenoxy) is 1. The van der Waals surface area contributed by atoms with Gasteiger partial charge >= 0.3 is 0 Å². The molecular formula is C15H25ClN2O2. The number of hydrogen-bond donors (Lipinski definition) is 2. The molecule has 1 rings (SSSR count). The van der Waals surface area contributed by atoms with Gasteiger partial charge in [0.1, 0.15) is 0 Å². The summed E-state index contributed by atoms with van der Waals surface area (Å²) < 4.78 is 5.48. The molecule has 1 aromatic rings. The molecule has 0 spiro atoms. The summed E-state index contributed by atoms with van der Waals surface area (Å²) in [6, 6.07) is 7.52. The second kappa shape index (κ2) is 10.1. The normalized spacial score (nSPS) is 12.8. The Morgan fingerprint density at radius 2 is 2.00 bits per heavy atom. The van der Waals surface area contributed by atoms with E-state index in [1.54, 1.807) is 0 Å². The minimum Gasteiger partial charge on any atom is -0.389 e. The van der Waals surface area contributed by atoms with Gasteiger partial charge in [-0.2, -0.15) is 0 Å². The molecule has 5 heteroatoms. The van der Waals surface area contributed by atoms with E-state index < -0.39 is 6.10 Å². The number of aliphatic hydroxyl groups is 1. The number of hydrogen-bond acceptors (Lipinski definition) is 4. The van der Waals surface area contributed by atoms with Gasteiger partial charge in [-0.05, 0) is 51.3 Å². The summed E-state index contributed by atoms with van der Waals surface area (Å²) in [7, 11) is 4.11. The van der Waals surface area contributed by atoms with Crippen molar-refractivity contribution in [1.29, 1.82) is 0 Å². The minimum absolute atomic E-state index is 0.337. The average Bonchev–Trinajstić information content (AvgIpc) is 2.40. The Morgan fingerprint density at radius 1 is 1.30 bits per heavy atom. The number of rotatable bonds is 10. The van der Waals surface area contributed by atoms with E-state index in [2.05, 4.69) is 24.3 Å². The van der Waals surface area contributed by atoms with E-state index in [0.29, 0.717) is 19.8 Å². The van der Waals surface area contributed by atoms with E-state index in [0.717, 1.165) is 30.1 Å². The fourth-order valence-corrected chi connectivity index (χ4v) is 1.87. The summed E-state index contributed by atoms with van der Waals surface area (Å²) in [6.07, 6.45) is 0.604. The molecule has 1 atom stereocenters. The first kappa shape index (κ1) is 17.4. The Labute approximate surface area is 126 Å². The van der Waals surface area contributed by atoms with Gasteiger partial charge in [-0.25, -0.2) is 0 Å². The van der Waals surface area contributed by atoms with E-state index in [4.69, 9.17) is 16.3 Å². The first-order chi connectivity index (χ1) is 9.58. The van der Waals surface area contributed by atoms with Gasteiger partial charge in [-0.1, -0.05) is 23.7 Å². The Hall–Kier alpha value is -0.650. The molecule has 0 saturated carbocycles. The topological polar surface area (TPSA) is 44.7 Å². The molecule has 0 aliphatic heterocycles. The first-order valence-electron chi connectivity index (χ1n) is 6.93. The zero-order valence-electron chi connectivity index (χ0n) is 12.3. The lowest BCUT2D eigenvalue weighted by Gasteiger charge is -2.13. The molecule has 0 heterocycles. The Morgan fingerprint density at radius 3 is 2.65 bits per heavy atom. The van der Waals surface area contributed by atoms with Crippen LogP contribution in [0.2, 0.25) is 5.02 Å². The monoisotopic (exact) mass is 300 g/mol. The third kappa shape index (κ3) is 8.51. The van der Waals surface area contributed by atoms with Gasteiger partial charge in [0.25, 0.3) is 0 Å². The molecule has 2 N–H and O–H groups in total. The van der Waals surface area contributed by atoms with Crippen molar-refractivity contribution in [3.8, 4) is 0 Å². The van der Waals surface area contributed by atoms with E-state index in [1.807, 2.05) is 24.3 Å². The maximum absolute atomic E-state index is 9.76. The molecule has 0 bridgehead atoms. The predicted octanol–water partition coefficient (Wildman–Crippen LogP) is 1.76. The third-order valence-electron chi connectivity index (χ3n) is 2.83. The quantitative estimate of drug-likeness (QED) is 0.646. The number of halogens is 1. The van der Waals surface area contributed by atoms with Crippen molar-refractivity contribution in [2.24, 2.45) is 0 Å². The summed E-state index contributed by atoms with van der Waals surface area (Å²) in [5.74, 6) is 0. The van der Waals surface area contributed by atoms with Gasteiger partial charge in [0.15, 0.2) is 0 Å². The van der Waals surface area contributed by atoms with Crippen LogP contribution in [0.1, 0.15) is 12.0 Å². The number of benzene rings is 1. The van der Waals surface area contributed by atoms with Crippen LogP contribution in [0.5, 0.6) is 0 Å². The van der Waals surface area contributed by atoms with E-state index in [-0.39, 0.29) is 0 Å². The van der Waals surface area contributed by atoms with Crippen LogP contribution in [0.25, 0.3) is 0 Å². The Kier molecular flexibility index (Phi) is 8.82. The zero-order chi connectivity index (χ0) is 14.8. The zero-order valence-corrected chi connectivity index (χ0v) is 13.1. The van der Waals surface area contributed by atoms with Crippen LogP contribution in [0.4, 0.5) is 0 Å². The summed E-state index contributed by atoms with van der Waals surface area (Å²) in [4.78, 5) is 2.15. The fourth-order valence-electron chi connectivity index (χ4n) is 1.74. The molecule has 1 unspecified atom stereocenters. The molecule has 0 aliphatic carbocycles. The molecule has 0 amide bonds. The molecule has 0 radical (unpaired) electrons. The first-order valence-corrected chi connectivity index (χ1v) is 7.31. The molecular weight excluding hydrogens is 276 g/mol. The van der Waals surface area contributed by atoms with Crippen molar-refractivity contribution in [2.75, 3.05) is 40.3 Å². The predicted molar refractivity (Wildman–Crippen MR) is 83.2 cm³/mol. The maximum Gasteiger partial charge on any atom is 0.0897 e. The van der Waals surface area contributed by atoms with Crippen molar-refractivity contribution in [2.45, 2.75) is 19.1 Å². The lowest BCUT2D eigenvalue weighted by Crippen LogP contribution is -2.32. The maximum atomic E-state index is 9.76. The third-order valence-corrected chi connectivity index (χ3v) is 3.08. The highest BCUT2D eigenvalue weighted by molar-refractivity contribution is 6.30. The van der Waals surface area contributed by atoms with Crippen LogP contribution in [0.3, 0.4) is 0 Å². The van der Waals surface area contributed by atoms with Gasteiger partial charge in [0, 0.05) is 11.6 Å². The van der Waals surface area contributed by atoms with Crippen LogP contribution in [-0.4, -0.2) is 56.4 Å². The standard InChI is InChI=1S/C15H25ClN2O2/c1-18(2)9-3-8-17-10-15(19)12-20-11-13-4-6-14(16)7-5-13/h4-7,15,17,19H,3,8-12H2,1-2H3. The molecule has 114 valence electrons. The van der Waals surface area contributed by atoms with Crippen molar-refractivity contribution in [1.82, 2.24) is 10.2 Å². The van der Waals surface area contributed by atoms with Crippen LogP contribution >= 0.6 is 11.6 Å². The van der Waals surface area contributed by atoms with E-state index in [1.165, 1.54) is 0 Å². The minimum atomic E-state index is -0.471. The largest absolute Gasteiger partial charge is 0.389 e. The molecule has 20 heavy (non-hydrogen) atoms. The van der Waals surface area contributed by atoms with Gasteiger partial charge in [0.2, 0.25) is 0 Å². The SMILES string of the molecule is CN(C)CCCNCC(O)COCc1ccc(Cl)cc1. The highest BCUT2D eigenvalue weighted by Gasteiger charge is 2.04.